The normalized spacial score (nSPS) is 16.6. The predicted molar refractivity (Wildman–Crippen MR) is 137 cm³/mol. The second-order valence-electron chi connectivity index (χ2n) is 9.12. The molecule has 4 rings (SSSR count). The third kappa shape index (κ3) is 4.49. The quantitative estimate of drug-likeness (QED) is 0.394. The number of fused-ring (bicyclic) bond motifs is 1. The average molecular weight is 490 g/mol. The molecule has 0 saturated carbocycles. The minimum atomic E-state index is -1.57. The molecule has 7 nitrogen and oxygen atoms in total. The molecule has 1 unspecified atom stereocenters. The summed E-state index contributed by atoms with van der Waals surface area (Å²) in [6, 6.07) is 19.7. The second kappa shape index (κ2) is 10.3. The van der Waals surface area contributed by atoms with Crippen molar-refractivity contribution >= 4 is 17.6 Å². The van der Waals surface area contributed by atoms with Crippen molar-refractivity contribution in [1.29, 1.82) is 0 Å². The summed E-state index contributed by atoms with van der Waals surface area (Å²) in [7, 11) is 4.60. The molecule has 1 atom stereocenters. The highest BCUT2D eigenvalue weighted by Crippen LogP contribution is 2.47. The number of amides is 1. The van der Waals surface area contributed by atoms with Crippen LogP contribution in [-0.4, -0.2) is 39.8 Å². The molecule has 188 valence electrons. The van der Waals surface area contributed by atoms with Gasteiger partial charge in [-0.05, 0) is 41.8 Å². The first-order valence-corrected chi connectivity index (χ1v) is 11.8. The van der Waals surface area contributed by atoms with Crippen molar-refractivity contribution in [3.63, 3.8) is 0 Å². The fourth-order valence-corrected chi connectivity index (χ4v) is 4.66. The zero-order chi connectivity index (χ0) is 25.9. The first-order valence-electron chi connectivity index (χ1n) is 11.8. The summed E-state index contributed by atoms with van der Waals surface area (Å²) >= 11 is 0. The number of benzene rings is 3. The maximum Gasteiger partial charge on any atom is 0.339 e. The number of anilines is 1. The first-order chi connectivity index (χ1) is 17.3. The summed E-state index contributed by atoms with van der Waals surface area (Å²) in [5.74, 6) is 0.707. The molecule has 3 aromatic rings. The molecule has 0 saturated heterocycles. The third-order valence-corrected chi connectivity index (χ3v) is 6.22. The lowest BCUT2D eigenvalue weighted by Gasteiger charge is -2.30. The lowest BCUT2D eigenvalue weighted by atomic mass is 9.87. The Morgan fingerprint density at radius 2 is 1.50 bits per heavy atom. The van der Waals surface area contributed by atoms with E-state index in [2.05, 4.69) is 0 Å². The van der Waals surface area contributed by atoms with Gasteiger partial charge in [0.05, 0.1) is 32.6 Å². The zero-order valence-corrected chi connectivity index (χ0v) is 21.2. The van der Waals surface area contributed by atoms with Crippen molar-refractivity contribution in [3.8, 4) is 17.2 Å². The largest absolute Gasteiger partial charge is 0.493 e. The Balaban J connectivity index is 1.87. The van der Waals surface area contributed by atoms with Gasteiger partial charge in [0.15, 0.2) is 11.5 Å². The minimum absolute atomic E-state index is 0.0900. The van der Waals surface area contributed by atoms with Gasteiger partial charge in [-0.2, -0.15) is 0 Å². The number of hydrogen-bond acceptors (Lipinski definition) is 6. The highest BCUT2D eigenvalue weighted by atomic mass is 16.6. The Labute approximate surface area is 211 Å². The number of para-hydroxylation sites is 1. The van der Waals surface area contributed by atoms with Crippen LogP contribution < -0.4 is 19.1 Å². The second-order valence-corrected chi connectivity index (χ2v) is 9.12. The molecule has 7 heteroatoms. The van der Waals surface area contributed by atoms with Crippen LogP contribution in [0.3, 0.4) is 0 Å². The Morgan fingerprint density at radius 3 is 2.08 bits per heavy atom. The van der Waals surface area contributed by atoms with Crippen LogP contribution in [0.25, 0.3) is 0 Å². The van der Waals surface area contributed by atoms with E-state index in [1.807, 2.05) is 44.2 Å². The fraction of sp³-hybridized carbons (Fsp3) is 0.310. The van der Waals surface area contributed by atoms with E-state index in [-0.39, 0.29) is 18.2 Å². The summed E-state index contributed by atoms with van der Waals surface area (Å²) < 4.78 is 22.7. The van der Waals surface area contributed by atoms with E-state index in [9.17, 15) is 9.59 Å². The Bertz CT molecular complexity index is 1230. The number of rotatable bonds is 9. The van der Waals surface area contributed by atoms with E-state index in [1.165, 1.54) is 21.3 Å². The number of methoxy groups -OCH3 is 3. The van der Waals surface area contributed by atoms with Crippen LogP contribution in [0.5, 0.6) is 17.2 Å². The molecule has 0 N–H and O–H groups in total. The van der Waals surface area contributed by atoms with Crippen molar-refractivity contribution in [1.82, 2.24) is 0 Å². The predicted octanol–water partition coefficient (Wildman–Crippen LogP) is 5.01. The summed E-state index contributed by atoms with van der Waals surface area (Å²) in [5.41, 5.74) is 0.885. The van der Waals surface area contributed by atoms with Crippen LogP contribution >= 0.6 is 0 Å². The number of ether oxygens (including phenoxy) is 4. The van der Waals surface area contributed by atoms with Gasteiger partial charge >= 0.3 is 5.97 Å². The van der Waals surface area contributed by atoms with Gasteiger partial charge < -0.3 is 23.8 Å². The number of carbonyl (C=O) groups is 2. The van der Waals surface area contributed by atoms with E-state index in [4.69, 9.17) is 18.9 Å². The van der Waals surface area contributed by atoms with Crippen LogP contribution in [0.15, 0.2) is 66.7 Å². The van der Waals surface area contributed by atoms with E-state index < -0.39 is 11.6 Å². The van der Waals surface area contributed by atoms with Crippen molar-refractivity contribution in [3.05, 3.63) is 83.4 Å². The molecule has 1 aliphatic rings. The SMILES string of the molecule is COc1cc(CC2(OC(=O)c3ccccc3)C(=O)N(CC(C)C)c3ccccc32)cc(OC)c1OC. The van der Waals surface area contributed by atoms with Crippen molar-refractivity contribution in [2.45, 2.75) is 25.9 Å². The molecule has 0 fully saturated rings. The van der Waals surface area contributed by atoms with Crippen LogP contribution in [-0.2, 0) is 21.6 Å². The lowest BCUT2D eigenvalue weighted by molar-refractivity contribution is -0.137. The van der Waals surface area contributed by atoms with Crippen molar-refractivity contribution in [2.75, 3.05) is 32.8 Å². The summed E-state index contributed by atoms with van der Waals surface area (Å²) in [4.78, 5) is 29.3. The Hall–Kier alpha value is -4.00. The van der Waals surface area contributed by atoms with Gasteiger partial charge in [-0.15, -0.1) is 0 Å². The monoisotopic (exact) mass is 489 g/mol. The van der Waals surface area contributed by atoms with Gasteiger partial charge in [0.2, 0.25) is 11.4 Å². The summed E-state index contributed by atoms with van der Waals surface area (Å²) in [6.07, 6.45) is 0.0900. The molecule has 0 aromatic heterocycles. The highest BCUT2D eigenvalue weighted by Gasteiger charge is 2.54. The van der Waals surface area contributed by atoms with Gasteiger partial charge in [-0.3, -0.25) is 4.79 Å². The molecule has 3 aromatic carbocycles. The molecule has 0 spiro atoms. The standard InChI is InChI=1S/C29H31NO6/c1-19(2)18-30-23-14-10-9-13-22(23)29(28(30)32,36-27(31)21-11-7-6-8-12-21)17-20-15-24(33-3)26(35-5)25(16-20)34-4/h6-16,19H,17-18H2,1-5H3. The molecule has 1 heterocycles. The van der Waals surface area contributed by atoms with Gasteiger partial charge in [0.1, 0.15) is 0 Å². The number of carbonyl (C=O) groups excluding carboxylic acids is 2. The van der Waals surface area contributed by atoms with E-state index in [1.54, 1.807) is 41.3 Å². The zero-order valence-electron chi connectivity index (χ0n) is 21.2. The van der Waals surface area contributed by atoms with E-state index >= 15 is 0 Å². The Morgan fingerprint density at radius 1 is 0.889 bits per heavy atom. The molecule has 0 radical (unpaired) electrons. The summed E-state index contributed by atoms with van der Waals surface area (Å²) in [6.45, 7) is 4.59. The lowest BCUT2D eigenvalue weighted by Crippen LogP contribution is -2.46. The summed E-state index contributed by atoms with van der Waals surface area (Å²) in [5, 5.41) is 0. The minimum Gasteiger partial charge on any atom is -0.493 e. The van der Waals surface area contributed by atoms with Gasteiger partial charge in [0, 0.05) is 18.5 Å². The number of esters is 1. The number of hydrogen-bond donors (Lipinski definition) is 0. The molecular weight excluding hydrogens is 458 g/mol. The van der Waals surface area contributed by atoms with Gasteiger partial charge in [-0.1, -0.05) is 50.2 Å². The maximum atomic E-state index is 14.2. The highest BCUT2D eigenvalue weighted by molar-refractivity contribution is 6.09. The number of nitrogens with zero attached hydrogens (tertiary/aromatic N) is 1. The van der Waals surface area contributed by atoms with Crippen LogP contribution in [0.4, 0.5) is 5.69 Å². The topological polar surface area (TPSA) is 74.3 Å². The van der Waals surface area contributed by atoms with E-state index in [0.717, 1.165) is 5.69 Å². The van der Waals surface area contributed by atoms with Crippen molar-refractivity contribution < 1.29 is 28.5 Å². The molecule has 1 amide bonds. The molecule has 1 aliphatic heterocycles. The average Bonchev–Trinajstić information content (AvgIpc) is 3.10. The Kier molecular flexibility index (Phi) is 7.20. The molecular formula is C29H31NO6. The molecule has 0 bridgehead atoms. The first kappa shape index (κ1) is 25.1. The van der Waals surface area contributed by atoms with Crippen LogP contribution in [0.1, 0.15) is 35.3 Å². The van der Waals surface area contributed by atoms with E-state index in [0.29, 0.717) is 40.5 Å². The fourth-order valence-electron chi connectivity index (χ4n) is 4.66. The van der Waals surface area contributed by atoms with Crippen molar-refractivity contribution in [2.24, 2.45) is 5.92 Å². The third-order valence-electron chi connectivity index (χ3n) is 6.22. The molecule has 0 aliphatic carbocycles. The van der Waals surface area contributed by atoms with Crippen LogP contribution in [0.2, 0.25) is 0 Å². The van der Waals surface area contributed by atoms with Crippen LogP contribution in [0, 0.1) is 5.92 Å². The smallest absolute Gasteiger partial charge is 0.339 e. The maximum absolute atomic E-state index is 14.2. The van der Waals surface area contributed by atoms with Gasteiger partial charge in [-0.25, -0.2) is 4.79 Å². The van der Waals surface area contributed by atoms with Gasteiger partial charge in [0.25, 0.3) is 5.91 Å². The molecule has 36 heavy (non-hydrogen) atoms.